The van der Waals surface area contributed by atoms with Crippen molar-refractivity contribution in [2.75, 3.05) is 10.2 Å². The van der Waals surface area contributed by atoms with Crippen LogP contribution in [0.4, 0.5) is 11.4 Å². The molecule has 0 saturated carbocycles. The zero-order valence-electron chi connectivity index (χ0n) is 16.6. The van der Waals surface area contributed by atoms with Gasteiger partial charge in [0.1, 0.15) is 0 Å². The number of fused-ring (bicyclic) bond motifs is 3. The fourth-order valence-corrected chi connectivity index (χ4v) is 3.78. The van der Waals surface area contributed by atoms with Crippen molar-refractivity contribution < 1.29 is 23.9 Å². The zero-order chi connectivity index (χ0) is 21.5. The summed E-state index contributed by atoms with van der Waals surface area (Å²) < 4.78 is 5.15. The fourth-order valence-electron chi connectivity index (χ4n) is 3.78. The van der Waals surface area contributed by atoms with Crippen LogP contribution in [0.15, 0.2) is 48.5 Å². The van der Waals surface area contributed by atoms with E-state index in [9.17, 15) is 19.2 Å². The number of carbonyl (C=O) groups excluding carboxylic acids is 4. The van der Waals surface area contributed by atoms with Gasteiger partial charge in [0, 0.05) is 18.5 Å². The Hall–Kier alpha value is -3.68. The Bertz CT molecular complexity index is 1050. The first kappa shape index (κ1) is 19.6. The highest BCUT2D eigenvalue weighted by molar-refractivity contribution is 6.18. The normalized spacial score (nSPS) is 19.8. The quantitative estimate of drug-likeness (QED) is 0.758. The highest BCUT2D eigenvalue weighted by Crippen LogP contribution is 2.39. The molecule has 2 aromatic carbocycles. The average molecular weight is 407 g/mol. The van der Waals surface area contributed by atoms with Crippen LogP contribution >= 0.6 is 0 Å². The number of para-hydroxylation sites is 1. The van der Waals surface area contributed by atoms with E-state index in [1.54, 1.807) is 62.4 Å². The third kappa shape index (κ3) is 3.20. The molecule has 2 aliphatic rings. The average Bonchev–Trinajstić information content (AvgIpc) is 3.06. The molecule has 0 radical (unpaired) electrons. The summed E-state index contributed by atoms with van der Waals surface area (Å²) in [7, 11) is 0. The molecule has 2 aromatic rings. The molecule has 0 unspecified atom stereocenters. The Morgan fingerprint density at radius 1 is 1.10 bits per heavy atom. The second-order valence-corrected chi connectivity index (χ2v) is 7.55. The van der Waals surface area contributed by atoms with Gasteiger partial charge in [-0.25, -0.2) is 4.79 Å². The second kappa shape index (κ2) is 7.29. The molecule has 2 N–H and O–H groups in total. The lowest BCUT2D eigenvalue weighted by Crippen LogP contribution is -2.68. The maximum Gasteiger partial charge on any atom is 0.338 e. The number of esters is 1. The van der Waals surface area contributed by atoms with Crippen molar-refractivity contribution in [2.45, 2.75) is 38.5 Å². The van der Waals surface area contributed by atoms with Crippen LogP contribution in [0.25, 0.3) is 0 Å². The molecule has 8 heteroatoms. The maximum absolute atomic E-state index is 13.2. The SMILES string of the molecule is CC(C)OC(=O)c1ccc(NC(=O)[C@@]23CCC(=O)N2c2ccccc2C(=O)N3)cc1. The van der Waals surface area contributed by atoms with Gasteiger partial charge in [-0.05, 0) is 50.2 Å². The Kier molecular flexibility index (Phi) is 4.77. The lowest BCUT2D eigenvalue weighted by atomic mass is 9.98. The number of carbonyl (C=O) groups is 4. The molecule has 0 aromatic heterocycles. The number of hydrogen-bond acceptors (Lipinski definition) is 5. The third-order valence-electron chi connectivity index (χ3n) is 5.14. The molecule has 2 aliphatic heterocycles. The summed E-state index contributed by atoms with van der Waals surface area (Å²) in [5, 5.41) is 5.48. The molecule has 1 saturated heterocycles. The van der Waals surface area contributed by atoms with Crippen LogP contribution in [0.5, 0.6) is 0 Å². The van der Waals surface area contributed by atoms with E-state index in [2.05, 4.69) is 10.6 Å². The van der Waals surface area contributed by atoms with E-state index in [1.807, 2.05) is 0 Å². The molecule has 4 rings (SSSR count). The lowest BCUT2D eigenvalue weighted by Gasteiger charge is -2.41. The molecule has 0 spiro atoms. The van der Waals surface area contributed by atoms with Crippen LogP contribution in [0, 0.1) is 0 Å². The van der Waals surface area contributed by atoms with E-state index in [4.69, 9.17) is 4.74 Å². The zero-order valence-corrected chi connectivity index (χ0v) is 16.6. The Morgan fingerprint density at radius 3 is 2.50 bits per heavy atom. The van der Waals surface area contributed by atoms with Crippen molar-refractivity contribution in [1.29, 1.82) is 0 Å². The number of nitrogens with zero attached hydrogens (tertiary/aromatic N) is 1. The summed E-state index contributed by atoms with van der Waals surface area (Å²) in [6.07, 6.45) is 0.0677. The molecule has 3 amide bonds. The molecular weight excluding hydrogens is 386 g/mol. The van der Waals surface area contributed by atoms with Crippen LogP contribution < -0.4 is 15.5 Å². The summed E-state index contributed by atoms with van der Waals surface area (Å²) in [5.41, 5.74) is 0.0767. The number of anilines is 2. The molecule has 1 fully saturated rings. The Morgan fingerprint density at radius 2 is 1.80 bits per heavy atom. The van der Waals surface area contributed by atoms with Crippen LogP contribution in [0.3, 0.4) is 0 Å². The molecule has 154 valence electrons. The van der Waals surface area contributed by atoms with Gasteiger partial charge in [-0.15, -0.1) is 0 Å². The van der Waals surface area contributed by atoms with Gasteiger partial charge >= 0.3 is 5.97 Å². The summed E-state index contributed by atoms with van der Waals surface area (Å²) >= 11 is 0. The van der Waals surface area contributed by atoms with Crippen molar-refractivity contribution in [1.82, 2.24) is 5.32 Å². The minimum atomic E-state index is -1.49. The van der Waals surface area contributed by atoms with E-state index in [1.165, 1.54) is 4.90 Å². The Labute approximate surface area is 173 Å². The van der Waals surface area contributed by atoms with Crippen LogP contribution in [-0.2, 0) is 14.3 Å². The van der Waals surface area contributed by atoms with E-state index in [0.29, 0.717) is 22.5 Å². The first-order valence-corrected chi connectivity index (χ1v) is 9.69. The first-order valence-electron chi connectivity index (χ1n) is 9.69. The van der Waals surface area contributed by atoms with Crippen LogP contribution in [0.1, 0.15) is 47.4 Å². The standard InChI is InChI=1S/C22H21N3O5/c1-13(2)30-20(28)14-7-9-15(10-8-14)23-21(29)22-12-11-18(26)25(22)17-6-4-3-5-16(17)19(27)24-22/h3-10,13H,11-12H2,1-2H3,(H,23,29)(H,24,27)/t22-/m1/s1. The van der Waals surface area contributed by atoms with E-state index < -0.39 is 23.4 Å². The third-order valence-corrected chi connectivity index (χ3v) is 5.14. The number of amides is 3. The van der Waals surface area contributed by atoms with Gasteiger partial charge < -0.3 is 15.4 Å². The van der Waals surface area contributed by atoms with Gasteiger partial charge in [0.05, 0.1) is 22.9 Å². The predicted octanol–water partition coefficient (Wildman–Crippen LogP) is 2.46. The summed E-state index contributed by atoms with van der Waals surface area (Å²) in [5.74, 6) is -1.61. The van der Waals surface area contributed by atoms with E-state index in [-0.39, 0.29) is 24.9 Å². The number of hydrogen-bond donors (Lipinski definition) is 2. The molecule has 8 nitrogen and oxygen atoms in total. The van der Waals surface area contributed by atoms with Gasteiger partial charge in [0.2, 0.25) is 11.6 Å². The summed E-state index contributed by atoms with van der Waals surface area (Å²) in [6.45, 7) is 3.52. The van der Waals surface area contributed by atoms with Crippen molar-refractivity contribution >= 4 is 35.1 Å². The molecule has 0 aliphatic carbocycles. The first-order chi connectivity index (χ1) is 14.3. The van der Waals surface area contributed by atoms with Crippen LogP contribution in [-0.4, -0.2) is 35.5 Å². The molecular formula is C22H21N3O5. The maximum atomic E-state index is 13.2. The second-order valence-electron chi connectivity index (χ2n) is 7.55. The Balaban J connectivity index is 1.59. The fraction of sp³-hybridized carbons (Fsp3) is 0.273. The highest BCUT2D eigenvalue weighted by Gasteiger charge is 2.56. The number of rotatable bonds is 4. The number of ether oxygens (including phenoxy) is 1. The van der Waals surface area contributed by atoms with E-state index >= 15 is 0 Å². The predicted molar refractivity (Wildman–Crippen MR) is 109 cm³/mol. The van der Waals surface area contributed by atoms with Crippen LogP contribution in [0.2, 0.25) is 0 Å². The number of benzene rings is 2. The van der Waals surface area contributed by atoms with Crippen molar-refractivity contribution in [3.8, 4) is 0 Å². The monoisotopic (exact) mass is 407 g/mol. The molecule has 0 bridgehead atoms. The summed E-state index contributed by atoms with van der Waals surface area (Å²) in [4.78, 5) is 51.8. The topological polar surface area (TPSA) is 105 Å². The van der Waals surface area contributed by atoms with Gasteiger partial charge in [-0.2, -0.15) is 0 Å². The van der Waals surface area contributed by atoms with Gasteiger partial charge in [0.15, 0.2) is 0 Å². The molecule has 30 heavy (non-hydrogen) atoms. The van der Waals surface area contributed by atoms with Gasteiger partial charge in [-0.1, -0.05) is 12.1 Å². The smallest absolute Gasteiger partial charge is 0.338 e. The van der Waals surface area contributed by atoms with E-state index in [0.717, 1.165) is 0 Å². The minimum Gasteiger partial charge on any atom is -0.459 e. The summed E-state index contributed by atoms with van der Waals surface area (Å²) in [6, 6.07) is 12.9. The molecule has 2 heterocycles. The van der Waals surface area contributed by atoms with Crippen molar-refractivity contribution in [2.24, 2.45) is 0 Å². The van der Waals surface area contributed by atoms with Gasteiger partial charge in [-0.3, -0.25) is 19.3 Å². The number of nitrogens with one attached hydrogen (secondary N) is 2. The van der Waals surface area contributed by atoms with Crippen molar-refractivity contribution in [3.63, 3.8) is 0 Å². The largest absolute Gasteiger partial charge is 0.459 e. The van der Waals surface area contributed by atoms with Gasteiger partial charge in [0.25, 0.3) is 11.8 Å². The van der Waals surface area contributed by atoms with Crippen molar-refractivity contribution in [3.05, 3.63) is 59.7 Å². The molecule has 1 atom stereocenters. The lowest BCUT2D eigenvalue weighted by molar-refractivity contribution is -0.124. The highest BCUT2D eigenvalue weighted by atomic mass is 16.5. The minimum absolute atomic E-state index is 0.141.